The standard InChI is InChI=1S/C11H22N2O3/c1-15-5-6-16-4-2-3-13-9-10(8-12)7-11(13)14/h10H,2-9,12H2,1H3. The Labute approximate surface area is 96.9 Å². The molecule has 0 spiro atoms. The molecule has 0 aliphatic carbocycles. The molecule has 5 nitrogen and oxygen atoms in total. The number of rotatable bonds is 8. The predicted molar refractivity (Wildman–Crippen MR) is 61.1 cm³/mol. The molecule has 2 N–H and O–H groups in total. The zero-order chi connectivity index (χ0) is 11.8. The molecule has 1 saturated heterocycles. The van der Waals surface area contributed by atoms with Crippen LogP contribution in [0.1, 0.15) is 12.8 Å². The van der Waals surface area contributed by atoms with E-state index in [0.29, 0.717) is 38.7 Å². The van der Waals surface area contributed by atoms with E-state index in [2.05, 4.69) is 0 Å². The smallest absolute Gasteiger partial charge is 0.222 e. The Bertz CT molecular complexity index is 211. The van der Waals surface area contributed by atoms with Gasteiger partial charge in [0, 0.05) is 33.2 Å². The number of carbonyl (C=O) groups excluding carboxylic acids is 1. The lowest BCUT2D eigenvalue weighted by atomic mass is 10.1. The lowest BCUT2D eigenvalue weighted by Crippen LogP contribution is -2.28. The summed E-state index contributed by atoms with van der Waals surface area (Å²) in [5, 5.41) is 0. The van der Waals surface area contributed by atoms with Crippen LogP contribution in [0.25, 0.3) is 0 Å². The molecular weight excluding hydrogens is 208 g/mol. The maximum atomic E-state index is 11.5. The molecule has 94 valence electrons. The average molecular weight is 230 g/mol. The van der Waals surface area contributed by atoms with Gasteiger partial charge in [0.2, 0.25) is 5.91 Å². The van der Waals surface area contributed by atoms with Crippen molar-refractivity contribution in [2.24, 2.45) is 11.7 Å². The van der Waals surface area contributed by atoms with E-state index in [1.807, 2.05) is 4.90 Å². The number of carbonyl (C=O) groups is 1. The molecule has 0 aromatic rings. The van der Waals surface area contributed by atoms with Gasteiger partial charge in [-0.1, -0.05) is 0 Å². The fourth-order valence-corrected chi connectivity index (χ4v) is 1.83. The predicted octanol–water partition coefficient (Wildman–Crippen LogP) is -0.153. The van der Waals surface area contributed by atoms with Gasteiger partial charge in [-0.3, -0.25) is 4.79 Å². The third kappa shape index (κ3) is 4.47. The summed E-state index contributed by atoms with van der Waals surface area (Å²) in [4.78, 5) is 13.4. The van der Waals surface area contributed by atoms with Crippen molar-refractivity contribution >= 4 is 5.91 Å². The van der Waals surface area contributed by atoms with Crippen molar-refractivity contribution in [1.29, 1.82) is 0 Å². The monoisotopic (exact) mass is 230 g/mol. The first-order valence-corrected chi connectivity index (χ1v) is 5.82. The molecule has 0 radical (unpaired) electrons. The van der Waals surface area contributed by atoms with Gasteiger partial charge >= 0.3 is 0 Å². The molecule has 1 amide bonds. The van der Waals surface area contributed by atoms with E-state index in [9.17, 15) is 4.79 Å². The van der Waals surface area contributed by atoms with E-state index in [0.717, 1.165) is 19.5 Å². The maximum absolute atomic E-state index is 11.5. The number of likely N-dealkylation sites (tertiary alicyclic amines) is 1. The quantitative estimate of drug-likeness (QED) is 0.589. The van der Waals surface area contributed by atoms with Crippen LogP contribution in [0, 0.1) is 5.92 Å². The Morgan fingerprint density at radius 3 is 2.88 bits per heavy atom. The van der Waals surface area contributed by atoms with Crippen molar-refractivity contribution in [1.82, 2.24) is 4.90 Å². The molecule has 0 bridgehead atoms. The molecule has 1 atom stereocenters. The lowest BCUT2D eigenvalue weighted by Gasteiger charge is -2.16. The van der Waals surface area contributed by atoms with Gasteiger partial charge in [0.25, 0.3) is 0 Å². The largest absolute Gasteiger partial charge is 0.382 e. The summed E-state index contributed by atoms with van der Waals surface area (Å²) in [6, 6.07) is 0. The molecule has 1 unspecified atom stereocenters. The zero-order valence-corrected chi connectivity index (χ0v) is 9.98. The highest BCUT2D eigenvalue weighted by Gasteiger charge is 2.27. The van der Waals surface area contributed by atoms with Crippen molar-refractivity contribution < 1.29 is 14.3 Å². The van der Waals surface area contributed by atoms with Crippen LogP contribution in [0.4, 0.5) is 0 Å². The maximum Gasteiger partial charge on any atom is 0.222 e. The van der Waals surface area contributed by atoms with Crippen molar-refractivity contribution in [3.8, 4) is 0 Å². The minimum absolute atomic E-state index is 0.229. The fraction of sp³-hybridized carbons (Fsp3) is 0.909. The molecule has 1 rings (SSSR count). The molecule has 0 saturated carbocycles. The molecule has 0 aromatic carbocycles. The molecule has 1 heterocycles. The van der Waals surface area contributed by atoms with Gasteiger partial charge in [0.15, 0.2) is 0 Å². The summed E-state index contributed by atoms with van der Waals surface area (Å²) in [6.45, 7) is 4.12. The lowest BCUT2D eigenvalue weighted by molar-refractivity contribution is -0.127. The van der Waals surface area contributed by atoms with E-state index in [1.165, 1.54) is 0 Å². The van der Waals surface area contributed by atoms with Gasteiger partial charge in [0.05, 0.1) is 13.2 Å². The number of hydrogen-bond donors (Lipinski definition) is 1. The number of nitrogens with zero attached hydrogens (tertiary/aromatic N) is 1. The minimum atomic E-state index is 0.229. The van der Waals surface area contributed by atoms with Gasteiger partial charge in [-0.15, -0.1) is 0 Å². The van der Waals surface area contributed by atoms with E-state index in [4.69, 9.17) is 15.2 Å². The third-order valence-electron chi connectivity index (χ3n) is 2.78. The summed E-state index contributed by atoms with van der Waals surface area (Å²) in [5.74, 6) is 0.578. The zero-order valence-electron chi connectivity index (χ0n) is 9.98. The Hall–Kier alpha value is -0.650. The van der Waals surface area contributed by atoms with Crippen molar-refractivity contribution in [2.45, 2.75) is 12.8 Å². The second-order valence-electron chi connectivity index (χ2n) is 4.10. The molecule has 1 aliphatic heterocycles. The van der Waals surface area contributed by atoms with E-state index in [1.54, 1.807) is 7.11 Å². The topological polar surface area (TPSA) is 64.8 Å². The first-order chi connectivity index (χ1) is 7.77. The third-order valence-corrected chi connectivity index (χ3v) is 2.78. The van der Waals surface area contributed by atoms with Crippen LogP contribution in [-0.2, 0) is 14.3 Å². The van der Waals surface area contributed by atoms with Gasteiger partial charge in [0.1, 0.15) is 0 Å². The fourth-order valence-electron chi connectivity index (χ4n) is 1.83. The summed E-state index contributed by atoms with van der Waals surface area (Å²) < 4.78 is 10.2. The summed E-state index contributed by atoms with van der Waals surface area (Å²) in [5.41, 5.74) is 5.55. The van der Waals surface area contributed by atoms with E-state index >= 15 is 0 Å². The Morgan fingerprint density at radius 1 is 1.44 bits per heavy atom. The molecule has 1 fully saturated rings. The Morgan fingerprint density at radius 2 is 2.25 bits per heavy atom. The average Bonchev–Trinajstić information content (AvgIpc) is 2.65. The second-order valence-corrected chi connectivity index (χ2v) is 4.10. The van der Waals surface area contributed by atoms with Crippen molar-refractivity contribution in [2.75, 3.05) is 46.6 Å². The molecule has 5 heteroatoms. The molecule has 1 aliphatic rings. The SMILES string of the molecule is COCCOCCCN1CC(CN)CC1=O. The normalized spacial score (nSPS) is 20.8. The highest BCUT2D eigenvalue weighted by Crippen LogP contribution is 2.16. The van der Waals surface area contributed by atoms with Gasteiger partial charge in [-0.2, -0.15) is 0 Å². The van der Waals surface area contributed by atoms with Crippen LogP contribution in [0.15, 0.2) is 0 Å². The van der Waals surface area contributed by atoms with Crippen LogP contribution in [0.3, 0.4) is 0 Å². The second kappa shape index (κ2) is 7.60. The summed E-state index contributed by atoms with van der Waals surface area (Å²) in [6.07, 6.45) is 1.49. The minimum Gasteiger partial charge on any atom is -0.382 e. The van der Waals surface area contributed by atoms with Crippen molar-refractivity contribution in [3.63, 3.8) is 0 Å². The first-order valence-electron chi connectivity index (χ1n) is 5.82. The summed E-state index contributed by atoms with van der Waals surface area (Å²) >= 11 is 0. The van der Waals surface area contributed by atoms with Crippen LogP contribution >= 0.6 is 0 Å². The van der Waals surface area contributed by atoms with Gasteiger partial charge < -0.3 is 20.1 Å². The van der Waals surface area contributed by atoms with Crippen LogP contribution in [-0.4, -0.2) is 57.4 Å². The van der Waals surface area contributed by atoms with E-state index < -0.39 is 0 Å². The van der Waals surface area contributed by atoms with Crippen LogP contribution in [0.2, 0.25) is 0 Å². The number of amides is 1. The Balaban J connectivity index is 2.03. The van der Waals surface area contributed by atoms with E-state index in [-0.39, 0.29) is 5.91 Å². The van der Waals surface area contributed by atoms with Gasteiger partial charge in [-0.05, 0) is 18.9 Å². The number of ether oxygens (including phenoxy) is 2. The molecule has 16 heavy (non-hydrogen) atoms. The summed E-state index contributed by atoms with van der Waals surface area (Å²) in [7, 11) is 1.65. The number of methoxy groups -OCH3 is 1. The van der Waals surface area contributed by atoms with Crippen LogP contribution < -0.4 is 5.73 Å². The number of nitrogens with two attached hydrogens (primary N) is 1. The Kier molecular flexibility index (Phi) is 6.37. The van der Waals surface area contributed by atoms with Crippen LogP contribution in [0.5, 0.6) is 0 Å². The van der Waals surface area contributed by atoms with Crippen molar-refractivity contribution in [3.05, 3.63) is 0 Å². The molecular formula is C11H22N2O3. The molecule has 0 aromatic heterocycles. The first kappa shape index (κ1) is 13.4. The van der Waals surface area contributed by atoms with Gasteiger partial charge in [-0.25, -0.2) is 0 Å². The highest BCUT2D eigenvalue weighted by molar-refractivity contribution is 5.78. The number of hydrogen-bond acceptors (Lipinski definition) is 4. The highest BCUT2D eigenvalue weighted by atomic mass is 16.5.